The molecular weight excluding hydrogens is 145 g/mol. The van der Waals surface area contributed by atoms with Crippen molar-refractivity contribution in [1.82, 2.24) is 0 Å². The molecule has 59 valence electrons. The Balaban J connectivity index is -0.000000320. The second-order valence-electron chi connectivity index (χ2n) is 4.45. The monoisotopic (exact) mass is 163 g/mol. The summed E-state index contributed by atoms with van der Waals surface area (Å²) in [4.78, 5) is 0. The van der Waals surface area contributed by atoms with Gasteiger partial charge in [0.05, 0.1) is 0 Å². The van der Waals surface area contributed by atoms with E-state index in [0.29, 0.717) is 10.3 Å². The second-order valence-corrected chi connectivity index (χ2v) is 7.36. The van der Waals surface area contributed by atoms with E-state index in [0.717, 1.165) is 0 Å². The van der Waals surface area contributed by atoms with Crippen LogP contribution in [0.25, 0.3) is 0 Å². The van der Waals surface area contributed by atoms with Crippen molar-refractivity contribution in [3.8, 4) is 0 Å². The minimum Gasteiger partial charge on any atom is -0.528 e. The number of rotatable bonds is 0. The molecule has 0 aromatic heterocycles. The Morgan fingerprint density at radius 2 is 0.909 bits per heavy atom. The quantitative estimate of drug-likeness (QED) is 0.352. The van der Waals surface area contributed by atoms with E-state index in [4.69, 9.17) is 0 Å². The first-order valence-electron chi connectivity index (χ1n) is 3.45. The normalized spacial score (nSPS) is 11.5. The summed E-state index contributed by atoms with van der Waals surface area (Å²) in [6.07, 6.45) is 0. The SMILES string of the molecule is CC(C)(C)[P-]C(C)(C)C.[B].[Li+]. The van der Waals surface area contributed by atoms with Gasteiger partial charge in [-0.25, -0.2) is 0 Å². The molecule has 3 heteroatoms. The molecule has 0 bridgehead atoms. The van der Waals surface area contributed by atoms with E-state index >= 15 is 0 Å². The smallest absolute Gasteiger partial charge is 0.528 e. The molecule has 0 rings (SSSR count). The summed E-state index contributed by atoms with van der Waals surface area (Å²) < 4.78 is 0. The van der Waals surface area contributed by atoms with Crippen LogP contribution in [0.1, 0.15) is 41.5 Å². The van der Waals surface area contributed by atoms with Gasteiger partial charge < -0.3 is 8.58 Å². The maximum absolute atomic E-state index is 2.28. The zero-order valence-electron chi connectivity index (χ0n) is 9.02. The van der Waals surface area contributed by atoms with Crippen LogP contribution in [-0.2, 0) is 0 Å². The summed E-state index contributed by atoms with van der Waals surface area (Å²) in [7, 11) is 1.53. The first kappa shape index (κ1) is 18.0. The Labute approximate surface area is 87.8 Å². The molecule has 0 saturated heterocycles. The standard InChI is InChI=1S/C8H18P.B.Li/c1-7(2,3)9-8(4,5)6;;/h1-6H3;;/q-1;;+1. The fourth-order valence-electron chi connectivity index (χ4n) is 1.01. The van der Waals surface area contributed by atoms with E-state index in [1.807, 2.05) is 0 Å². The predicted molar refractivity (Wildman–Crippen MR) is 52.2 cm³/mol. The van der Waals surface area contributed by atoms with Crippen molar-refractivity contribution in [2.75, 3.05) is 0 Å². The van der Waals surface area contributed by atoms with Gasteiger partial charge in [-0.05, 0) is 0 Å². The van der Waals surface area contributed by atoms with E-state index in [1.54, 1.807) is 0 Å². The molecule has 0 amide bonds. The molecule has 0 saturated carbocycles. The van der Waals surface area contributed by atoms with Crippen molar-refractivity contribution in [2.24, 2.45) is 0 Å². The summed E-state index contributed by atoms with van der Waals surface area (Å²) in [6.45, 7) is 13.7. The maximum Gasteiger partial charge on any atom is 1.00 e. The molecule has 0 aliphatic heterocycles. The molecule has 0 fully saturated rings. The van der Waals surface area contributed by atoms with Gasteiger partial charge in [0.2, 0.25) is 0 Å². The zero-order chi connectivity index (χ0) is 7.71. The molecule has 0 spiro atoms. The maximum atomic E-state index is 2.28. The molecule has 0 unspecified atom stereocenters. The van der Waals surface area contributed by atoms with Gasteiger partial charge in [0.25, 0.3) is 0 Å². The van der Waals surface area contributed by atoms with Gasteiger partial charge in [0.1, 0.15) is 0 Å². The van der Waals surface area contributed by atoms with Crippen molar-refractivity contribution in [3.63, 3.8) is 0 Å². The molecule has 0 N–H and O–H groups in total. The molecule has 3 radical (unpaired) electrons. The van der Waals surface area contributed by atoms with Crippen LogP contribution in [0.4, 0.5) is 0 Å². The minimum atomic E-state index is 0. The first-order chi connectivity index (χ1) is 3.71. The predicted octanol–water partition coefficient (Wildman–Crippen LogP) is 0.153. The van der Waals surface area contributed by atoms with E-state index in [9.17, 15) is 0 Å². The second kappa shape index (κ2) is 5.69. The van der Waals surface area contributed by atoms with Gasteiger partial charge in [-0.15, -0.1) is 0 Å². The Bertz CT molecular complexity index is 79.2. The fraction of sp³-hybridized carbons (Fsp3) is 1.00. The van der Waals surface area contributed by atoms with Gasteiger partial charge >= 0.3 is 18.9 Å². The van der Waals surface area contributed by atoms with Crippen LogP contribution in [0.5, 0.6) is 0 Å². The summed E-state index contributed by atoms with van der Waals surface area (Å²) in [5.74, 6) is 0. The van der Waals surface area contributed by atoms with Gasteiger partial charge in [0.15, 0.2) is 0 Å². The van der Waals surface area contributed by atoms with E-state index in [2.05, 4.69) is 41.5 Å². The molecule has 0 aromatic carbocycles. The van der Waals surface area contributed by atoms with Gasteiger partial charge in [-0.1, -0.05) is 41.5 Å². The van der Waals surface area contributed by atoms with Crippen LogP contribution in [0.15, 0.2) is 0 Å². The molecule has 0 aliphatic carbocycles. The third kappa shape index (κ3) is 18.2. The number of hydrogen-bond acceptors (Lipinski definition) is 0. The molecule has 11 heavy (non-hydrogen) atoms. The van der Waals surface area contributed by atoms with Crippen LogP contribution < -0.4 is 18.9 Å². The summed E-state index contributed by atoms with van der Waals surface area (Å²) >= 11 is 0. The Morgan fingerprint density at radius 3 is 0.909 bits per heavy atom. The van der Waals surface area contributed by atoms with Crippen molar-refractivity contribution in [1.29, 1.82) is 0 Å². The molecule has 0 aliphatic rings. The summed E-state index contributed by atoms with van der Waals surface area (Å²) in [5, 5.41) is 0.913. The van der Waals surface area contributed by atoms with E-state index in [1.165, 1.54) is 8.58 Å². The van der Waals surface area contributed by atoms with E-state index < -0.39 is 0 Å². The minimum absolute atomic E-state index is 0. The largest absolute Gasteiger partial charge is 1.00 e. The molecule has 0 nitrogen and oxygen atoms in total. The summed E-state index contributed by atoms with van der Waals surface area (Å²) in [6, 6.07) is 0. The Morgan fingerprint density at radius 1 is 0.727 bits per heavy atom. The first-order valence-corrected chi connectivity index (χ1v) is 4.34. The summed E-state index contributed by atoms with van der Waals surface area (Å²) in [5.41, 5.74) is 0. The van der Waals surface area contributed by atoms with Crippen LogP contribution >= 0.6 is 8.58 Å². The zero-order valence-corrected chi connectivity index (χ0v) is 9.92. The number of hydrogen-bond donors (Lipinski definition) is 0. The molecular formula is C8H18BLiP. The average Bonchev–Trinajstić information content (AvgIpc) is 1.14. The van der Waals surface area contributed by atoms with Crippen LogP contribution in [-0.4, -0.2) is 18.7 Å². The average molecular weight is 163 g/mol. The van der Waals surface area contributed by atoms with Crippen molar-refractivity contribution in [3.05, 3.63) is 0 Å². The Kier molecular flexibility index (Phi) is 9.31. The third-order valence-electron chi connectivity index (χ3n) is 0.671. The fourth-order valence-corrected chi connectivity index (χ4v) is 3.02. The van der Waals surface area contributed by atoms with Crippen LogP contribution in [0.3, 0.4) is 0 Å². The third-order valence-corrected chi connectivity index (χ3v) is 2.01. The van der Waals surface area contributed by atoms with Crippen LogP contribution in [0, 0.1) is 0 Å². The molecule has 0 heterocycles. The van der Waals surface area contributed by atoms with Crippen molar-refractivity contribution in [2.45, 2.75) is 51.9 Å². The van der Waals surface area contributed by atoms with Crippen molar-refractivity contribution >= 4 is 17.0 Å². The molecule has 0 atom stereocenters. The van der Waals surface area contributed by atoms with Gasteiger partial charge in [-0.3, -0.25) is 0 Å². The van der Waals surface area contributed by atoms with Crippen LogP contribution in [0.2, 0.25) is 0 Å². The topological polar surface area (TPSA) is 0 Å². The van der Waals surface area contributed by atoms with Gasteiger partial charge in [0, 0.05) is 8.41 Å². The van der Waals surface area contributed by atoms with E-state index in [-0.39, 0.29) is 27.3 Å². The van der Waals surface area contributed by atoms with Gasteiger partial charge in [-0.2, -0.15) is 10.3 Å². The Hall–Kier alpha value is 1.09. The van der Waals surface area contributed by atoms with Crippen molar-refractivity contribution < 1.29 is 18.9 Å². The molecule has 0 aromatic rings.